The van der Waals surface area contributed by atoms with Crippen LogP contribution < -0.4 is 5.32 Å². The lowest BCUT2D eigenvalue weighted by atomic mass is 9.85. The van der Waals surface area contributed by atoms with Crippen LogP contribution in [0.5, 0.6) is 0 Å². The lowest BCUT2D eigenvalue weighted by molar-refractivity contribution is 0.0695. The monoisotopic (exact) mass is 350 g/mol. The van der Waals surface area contributed by atoms with Gasteiger partial charge in [-0.1, -0.05) is 6.42 Å². The van der Waals surface area contributed by atoms with Crippen molar-refractivity contribution in [3.8, 4) is 0 Å². The fourth-order valence-corrected chi connectivity index (χ4v) is 3.09. The second-order valence-electron chi connectivity index (χ2n) is 6.57. The van der Waals surface area contributed by atoms with Gasteiger partial charge < -0.3 is 15.4 Å². The van der Waals surface area contributed by atoms with E-state index in [2.05, 4.69) is 20.3 Å². The molecule has 7 nitrogen and oxygen atoms in total. The predicted molar refractivity (Wildman–Crippen MR) is 96.6 cm³/mol. The minimum Gasteiger partial charge on any atom is -0.478 e. The number of rotatable bonds is 4. The number of aromatic carboxylic acids is 1. The first kappa shape index (κ1) is 16.3. The van der Waals surface area contributed by atoms with Crippen LogP contribution in [0.25, 0.3) is 11.0 Å². The van der Waals surface area contributed by atoms with Crippen molar-refractivity contribution in [2.75, 3.05) is 5.32 Å². The van der Waals surface area contributed by atoms with Crippen LogP contribution in [0, 0.1) is 6.92 Å². The SMILES string of the molecule is Cc1nc(C(=O)Nc2ccc3nc(C4CCC4)[nH]c3c2)ccc1C(=O)O. The van der Waals surface area contributed by atoms with Crippen molar-refractivity contribution < 1.29 is 14.7 Å². The van der Waals surface area contributed by atoms with Gasteiger partial charge in [-0.3, -0.25) is 4.79 Å². The summed E-state index contributed by atoms with van der Waals surface area (Å²) < 4.78 is 0. The van der Waals surface area contributed by atoms with Crippen LogP contribution in [0.2, 0.25) is 0 Å². The topological polar surface area (TPSA) is 108 Å². The number of nitrogens with one attached hydrogen (secondary N) is 2. The number of benzene rings is 1. The van der Waals surface area contributed by atoms with E-state index in [0.717, 1.165) is 16.9 Å². The number of carbonyl (C=O) groups excluding carboxylic acids is 1. The number of amides is 1. The van der Waals surface area contributed by atoms with E-state index in [1.165, 1.54) is 31.4 Å². The molecular weight excluding hydrogens is 332 g/mol. The summed E-state index contributed by atoms with van der Waals surface area (Å²) in [6.07, 6.45) is 3.58. The summed E-state index contributed by atoms with van der Waals surface area (Å²) in [5, 5.41) is 11.8. The van der Waals surface area contributed by atoms with Gasteiger partial charge in [0.25, 0.3) is 5.91 Å². The van der Waals surface area contributed by atoms with Gasteiger partial charge in [0.1, 0.15) is 11.5 Å². The molecule has 0 radical (unpaired) electrons. The quantitative estimate of drug-likeness (QED) is 0.667. The molecule has 26 heavy (non-hydrogen) atoms. The van der Waals surface area contributed by atoms with Crippen LogP contribution >= 0.6 is 0 Å². The van der Waals surface area contributed by atoms with Gasteiger partial charge in [-0.2, -0.15) is 0 Å². The van der Waals surface area contributed by atoms with Crippen molar-refractivity contribution in [2.24, 2.45) is 0 Å². The molecule has 4 rings (SSSR count). The molecule has 0 spiro atoms. The lowest BCUT2D eigenvalue weighted by Crippen LogP contribution is -2.15. The van der Waals surface area contributed by atoms with E-state index in [9.17, 15) is 9.59 Å². The van der Waals surface area contributed by atoms with Crippen LogP contribution in [0.1, 0.15) is 57.5 Å². The molecule has 132 valence electrons. The van der Waals surface area contributed by atoms with E-state index in [1.807, 2.05) is 12.1 Å². The first-order chi connectivity index (χ1) is 12.5. The number of imidazole rings is 1. The Bertz CT molecular complexity index is 1020. The zero-order chi connectivity index (χ0) is 18.3. The molecule has 0 bridgehead atoms. The van der Waals surface area contributed by atoms with Crippen molar-refractivity contribution in [1.29, 1.82) is 0 Å². The minimum absolute atomic E-state index is 0.0870. The highest BCUT2D eigenvalue weighted by Crippen LogP contribution is 2.35. The molecular formula is C19H18N4O3. The third kappa shape index (κ3) is 2.92. The fraction of sp³-hybridized carbons (Fsp3) is 0.263. The molecule has 3 aromatic rings. The summed E-state index contributed by atoms with van der Waals surface area (Å²) >= 11 is 0. The number of pyridine rings is 1. The number of hydrogen-bond acceptors (Lipinski definition) is 4. The normalized spacial score (nSPS) is 14.2. The summed E-state index contributed by atoms with van der Waals surface area (Å²) in [6, 6.07) is 8.32. The van der Waals surface area contributed by atoms with Crippen molar-refractivity contribution >= 4 is 28.6 Å². The number of carboxylic acids is 1. The summed E-state index contributed by atoms with van der Waals surface area (Å²) in [6.45, 7) is 1.57. The summed E-state index contributed by atoms with van der Waals surface area (Å²) in [4.78, 5) is 35.5. The van der Waals surface area contributed by atoms with E-state index >= 15 is 0 Å². The molecule has 0 unspecified atom stereocenters. The highest BCUT2D eigenvalue weighted by atomic mass is 16.4. The number of H-pyrrole nitrogens is 1. The molecule has 1 aliphatic rings. The number of carboxylic acid groups (broad SMARTS) is 1. The number of aromatic amines is 1. The number of hydrogen-bond donors (Lipinski definition) is 3. The van der Waals surface area contributed by atoms with Crippen molar-refractivity contribution in [3.05, 3.63) is 53.1 Å². The zero-order valence-corrected chi connectivity index (χ0v) is 14.2. The van der Waals surface area contributed by atoms with Gasteiger partial charge in [0.2, 0.25) is 0 Å². The highest BCUT2D eigenvalue weighted by Gasteiger charge is 2.22. The summed E-state index contributed by atoms with van der Waals surface area (Å²) in [5.74, 6) is 0.0775. The third-order valence-corrected chi connectivity index (χ3v) is 4.80. The standard InChI is InChI=1S/C19H18N4O3/c1-10-13(19(25)26)6-8-15(20-10)18(24)21-12-5-7-14-16(9-12)23-17(22-14)11-3-2-4-11/h5-9,11H,2-4H2,1H3,(H,21,24)(H,22,23)(H,25,26). The highest BCUT2D eigenvalue weighted by molar-refractivity contribution is 6.04. The van der Waals surface area contributed by atoms with Crippen LogP contribution in [0.3, 0.4) is 0 Å². The number of aryl methyl sites for hydroxylation is 1. The molecule has 3 N–H and O–H groups in total. The Morgan fingerprint density at radius 3 is 2.65 bits per heavy atom. The average Bonchev–Trinajstić information content (AvgIpc) is 2.95. The fourth-order valence-electron chi connectivity index (χ4n) is 3.09. The second-order valence-corrected chi connectivity index (χ2v) is 6.57. The van der Waals surface area contributed by atoms with E-state index in [-0.39, 0.29) is 17.2 Å². The Kier molecular flexibility index (Phi) is 3.91. The lowest BCUT2D eigenvalue weighted by Gasteiger charge is -2.22. The Hall–Kier alpha value is -3.22. The van der Waals surface area contributed by atoms with E-state index in [4.69, 9.17) is 5.11 Å². The maximum atomic E-state index is 12.4. The van der Waals surface area contributed by atoms with Gasteiger partial charge in [-0.05, 0) is 50.1 Å². The Balaban J connectivity index is 1.55. The Labute approximate surface area is 149 Å². The molecule has 2 aromatic heterocycles. The number of fused-ring (bicyclic) bond motifs is 1. The number of aromatic nitrogens is 3. The second kappa shape index (κ2) is 6.25. The minimum atomic E-state index is -1.06. The van der Waals surface area contributed by atoms with Crippen LogP contribution in [0.4, 0.5) is 5.69 Å². The molecule has 0 aliphatic heterocycles. The van der Waals surface area contributed by atoms with Crippen LogP contribution in [-0.4, -0.2) is 31.9 Å². The van der Waals surface area contributed by atoms with Gasteiger partial charge in [0, 0.05) is 11.6 Å². The largest absolute Gasteiger partial charge is 0.478 e. The first-order valence-corrected chi connectivity index (χ1v) is 8.53. The van der Waals surface area contributed by atoms with Crippen molar-refractivity contribution in [1.82, 2.24) is 15.0 Å². The number of carbonyl (C=O) groups is 2. The van der Waals surface area contributed by atoms with Crippen molar-refractivity contribution in [2.45, 2.75) is 32.1 Å². The van der Waals surface area contributed by atoms with E-state index in [1.54, 1.807) is 13.0 Å². The number of anilines is 1. The third-order valence-electron chi connectivity index (χ3n) is 4.80. The van der Waals surface area contributed by atoms with Gasteiger partial charge >= 0.3 is 5.97 Å². The molecule has 1 saturated carbocycles. The Morgan fingerprint density at radius 1 is 1.19 bits per heavy atom. The molecule has 2 heterocycles. The van der Waals surface area contributed by atoms with E-state index in [0.29, 0.717) is 17.3 Å². The molecule has 1 aliphatic carbocycles. The molecule has 0 atom stereocenters. The van der Waals surface area contributed by atoms with Gasteiger partial charge in [-0.15, -0.1) is 0 Å². The molecule has 1 amide bonds. The summed E-state index contributed by atoms with van der Waals surface area (Å²) in [5.41, 5.74) is 2.96. The maximum Gasteiger partial charge on any atom is 0.337 e. The number of nitrogens with zero attached hydrogens (tertiary/aromatic N) is 2. The smallest absolute Gasteiger partial charge is 0.337 e. The molecule has 1 fully saturated rings. The van der Waals surface area contributed by atoms with Crippen LogP contribution in [-0.2, 0) is 0 Å². The average molecular weight is 350 g/mol. The maximum absolute atomic E-state index is 12.4. The molecule has 1 aromatic carbocycles. The Morgan fingerprint density at radius 2 is 2.00 bits per heavy atom. The van der Waals surface area contributed by atoms with Crippen LogP contribution in [0.15, 0.2) is 30.3 Å². The van der Waals surface area contributed by atoms with Gasteiger partial charge in [-0.25, -0.2) is 14.8 Å². The first-order valence-electron chi connectivity index (χ1n) is 8.53. The van der Waals surface area contributed by atoms with Gasteiger partial charge in [0.05, 0.1) is 22.3 Å². The molecule has 0 saturated heterocycles. The zero-order valence-electron chi connectivity index (χ0n) is 14.2. The van der Waals surface area contributed by atoms with Crippen molar-refractivity contribution in [3.63, 3.8) is 0 Å². The summed E-state index contributed by atoms with van der Waals surface area (Å²) in [7, 11) is 0. The van der Waals surface area contributed by atoms with Gasteiger partial charge in [0.15, 0.2) is 0 Å². The molecule has 7 heteroatoms. The van der Waals surface area contributed by atoms with E-state index < -0.39 is 5.97 Å². The predicted octanol–water partition coefficient (Wildman–Crippen LogP) is 3.48.